The van der Waals surface area contributed by atoms with E-state index in [1.54, 1.807) is 12.1 Å². The summed E-state index contributed by atoms with van der Waals surface area (Å²) in [5.74, 6) is 1.15. The summed E-state index contributed by atoms with van der Waals surface area (Å²) in [5.41, 5.74) is 1.41. The summed E-state index contributed by atoms with van der Waals surface area (Å²) in [7, 11) is 0. The minimum absolute atomic E-state index is 0.154. The van der Waals surface area contributed by atoms with Crippen LogP contribution < -0.4 is 10.1 Å². The molecule has 15 heavy (non-hydrogen) atoms. The zero-order valence-corrected chi connectivity index (χ0v) is 8.62. The molecule has 3 rings (SSSR count). The molecule has 80 valence electrons. The second-order valence-corrected chi connectivity index (χ2v) is 4.53. The molecule has 0 amide bonds. The average Bonchev–Trinajstić information content (AvgIpc) is 2.58. The fourth-order valence-electron chi connectivity index (χ4n) is 2.68. The molecule has 1 saturated heterocycles. The van der Waals surface area contributed by atoms with E-state index in [0.29, 0.717) is 0 Å². The molecule has 0 saturated carbocycles. The van der Waals surface area contributed by atoms with Crippen LogP contribution in [-0.2, 0) is 5.41 Å². The number of hydrogen-bond acceptors (Lipinski definition) is 3. The van der Waals surface area contributed by atoms with Crippen LogP contribution in [0.1, 0.15) is 18.4 Å². The maximum Gasteiger partial charge on any atom is 0.126 e. The van der Waals surface area contributed by atoms with E-state index in [9.17, 15) is 5.11 Å². The number of nitrogens with one attached hydrogen (secondary N) is 1. The van der Waals surface area contributed by atoms with Crippen LogP contribution >= 0.6 is 0 Å². The van der Waals surface area contributed by atoms with Crippen LogP contribution in [0, 0.1) is 0 Å². The molecule has 1 atom stereocenters. The van der Waals surface area contributed by atoms with Crippen LogP contribution in [0.2, 0.25) is 0 Å². The molecule has 2 aliphatic heterocycles. The van der Waals surface area contributed by atoms with Crippen molar-refractivity contribution in [1.82, 2.24) is 5.32 Å². The van der Waals surface area contributed by atoms with Gasteiger partial charge in [0.25, 0.3) is 0 Å². The third kappa shape index (κ3) is 1.30. The first-order valence-corrected chi connectivity index (χ1v) is 5.47. The Morgan fingerprint density at radius 1 is 1.40 bits per heavy atom. The van der Waals surface area contributed by atoms with Gasteiger partial charge >= 0.3 is 0 Å². The Balaban J connectivity index is 2.03. The highest BCUT2D eigenvalue weighted by Crippen LogP contribution is 2.43. The summed E-state index contributed by atoms with van der Waals surface area (Å²) in [6.45, 7) is 2.85. The highest BCUT2D eigenvalue weighted by molar-refractivity contribution is 5.48. The van der Waals surface area contributed by atoms with Crippen molar-refractivity contribution in [3.8, 4) is 11.5 Å². The number of ether oxygens (including phenoxy) is 1. The van der Waals surface area contributed by atoms with E-state index < -0.39 is 0 Å². The van der Waals surface area contributed by atoms with Gasteiger partial charge in [-0.25, -0.2) is 0 Å². The smallest absolute Gasteiger partial charge is 0.126 e. The first-order chi connectivity index (χ1) is 7.30. The maximum absolute atomic E-state index is 9.39. The minimum Gasteiger partial charge on any atom is -0.508 e. The summed E-state index contributed by atoms with van der Waals surface area (Å²) in [5, 5.41) is 12.8. The Bertz CT molecular complexity index is 383. The van der Waals surface area contributed by atoms with Crippen LogP contribution in [-0.4, -0.2) is 24.8 Å². The molecule has 1 unspecified atom stereocenters. The van der Waals surface area contributed by atoms with Crippen LogP contribution in [0.4, 0.5) is 0 Å². The molecule has 2 aliphatic rings. The third-order valence-corrected chi connectivity index (χ3v) is 3.51. The van der Waals surface area contributed by atoms with Gasteiger partial charge in [0.05, 0.1) is 6.61 Å². The number of phenolic OH excluding ortho intramolecular Hbond substituents is 1. The van der Waals surface area contributed by atoms with Crippen molar-refractivity contribution in [3.05, 3.63) is 23.8 Å². The molecule has 1 spiro atoms. The molecule has 0 aliphatic carbocycles. The van der Waals surface area contributed by atoms with Crippen molar-refractivity contribution in [3.63, 3.8) is 0 Å². The summed E-state index contributed by atoms with van der Waals surface area (Å²) in [4.78, 5) is 0. The van der Waals surface area contributed by atoms with Gasteiger partial charge in [0.1, 0.15) is 11.5 Å². The monoisotopic (exact) mass is 205 g/mol. The van der Waals surface area contributed by atoms with Gasteiger partial charge in [0.15, 0.2) is 0 Å². The summed E-state index contributed by atoms with van der Waals surface area (Å²) in [6.07, 6.45) is 2.38. The van der Waals surface area contributed by atoms with Gasteiger partial charge in [0, 0.05) is 23.6 Å². The van der Waals surface area contributed by atoms with Crippen molar-refractivity contribution in [2.24, 2.45) is 0 Å². The molecule has 0 radical (unpaired) electrons. The summed E-state index contributed by atoms with van der Waals surface area (Å²) in [6, 6.07) is 5.48. The number of rotatable bonds is 0. The molecule has 2 heterocycles. The average molecular weight is 205 g/mol. The first kappa shape index (κ1) is 9.04. The predicted molar refractivity (Wildman–Crippen MR) is 57.4 cm³/mol. The Labute approximate surface area is 89.1 Å². The number of phenols is 1. The van der Waals surface area contributed by atoms with E-state index in [4.69, 9.17) is 4.74 Å². The van der Waals surface area contributed by atoms with Crippen molar-refractivity contribution in [2.75, 3.05) is 19.7 Å². The zero-order chi connectivity index (χ0) is 10.3. The van der Waals surface area contributed by atoms with E-state index in [1.807, 2.05) is 6.07 Å². The minimum atomic E-state index is 0.154. The molecule has 3 heteroatoms. The van der Waals surface area contributed by atoms with Crippen molar-refractivity contribution in [2.45, 2.75) is 18.3 Å². The summed E-state index contributed by atoms with van der Waals surface area (Å²) < 4.78 is 5.67. The number of hydrogen-bond donors (Lipinski definition) is 2. The van der Waals surface area contributed by atoms with Gasteiger partial charge in [0.2, 0.25) is 0 Å². The molecule has 0 bridgehead atoms. The molecule has 3 nitrogen and oxygen atoms in total. The maximum atomic E-state index is 9.39. The molecule has 2 N–H and O–H groups in total. The number of piperidine rings is 1. The quantitative estimate of drug-likeness (QED) is 0.672. The largest absolute Gasteiger partial charge is 0.508 e. The first-order valence-electron chi connectivity index (χ1n) is 5.47. The molecule has 1 fully saturated rings. The highest BCUT2D eigenvalue weighted by atomic mass is 16.5. The van der Waals surface area contributed by atoms with Crippen molar-refractivity contribution >= 4 is 0 Å². The van der Waals surface area contributed by atoms with Crippen molar-refractivity contribution < 1.29 is 9.84 Å². The van der Waals surface area contributed by atoms with E-state index in [0.717, 1.165) is 25.4 Å². The normalized spacial score (nSPS) is 28.8. The lowest BCUT2D eigenvalue weighted by molar-refractivity contribution is 0.224. The molecule has 1 aromatic carbocycles. The Morgan fingerprint density at radius 3 is 3.13 bits per heavy atom. The lowest BCUT2D eigenvalue weighted by Crippen LogP contribution is -2.44. The van der Waals surface area contributed by atoms with Gasteiger partial charge in [-0.05, 0) is 25.5 Å². The fraction of sp³-hybridized carbons (Fsp3) is 0.500. The molecule has 0 aromatic heterocycles. The third-order valence-electron chi connectivity index (χ3n) is 3.51. The lowest BCUT2D eigenvalue weighted by Gasteiger charge is -2.32. The molecular weight excluding hydrogens is 190 g/mol. The van der Waals surface area contributed by atoms with E-state index >= 15 is 0 Å². The number of aromatic hydroxyl groups is 1. The fourth-order valence-corrected chi connectivity index (χ4v) is 2.68. The van der Waals surface area contributed by atoms with Crippen LogP contribution in [0.15, 0.2) is 18.2 Å². The number of fused-ring (bicyclic) bond motifs is 2. The van der Waals surface area contributed by atoms with Crippen molar-refractivity contribution in [1.29, 1.82) is 0 Å². The zero-order valence-electron chi connectivity index (χ0n) is 8.62. The second-order valence-electron chi connectivity index (χ2n) is 4.53. The van der Waals surface area contributed by atoms with Gasteiger partial charge < -0.3 is 15.2 Å². The highest BCUT2D eigenvalue weighted by Gasteiger charge is 2.41. The van der Waals surface area contributed by atoms with E-state index in [-0.39, 0.29) is 11.2 Å². The predicted octanol–water partition coefficient (Wildman–Crippen LogP) is 1.41. The van der Waals surface area contributed by atoms with E-state index in [1.165, 1.54) is 18.4 Å². The lowest BCUT2D eigenvalue weighted by atomic mass is 9.76. The molecular formula is C12H15NO2. The van der Waals surface area contributed by atoms with Gasteiger partial charge in [-0.3, -0.25) is 0 Å². The van der Waals surface area contributed by atoms with Crippen LogP contribution in [0.5, 0.6) is 11.5 Å². The van der Waals surface area contributed by atoms with E-state index in [2.05, 4.69) is 5.32 Å². The van der Waals surface area contributed by atoms with Gasteiger partial charge in [-0.2, -0.15) is 0 Å². The van der Waals surface area contributed by atoms with Crippen LogP contribution in [0.3, 0.4) is 0 Å². The SMILES string of the molecule is Oc1ccc2c(c1)OCC21CCCNC1. The standard InChI is InChI=1S/C12H15NO2/c14-9-2-3-10-11(6-9)15-8-12(10)4-1-5-13-7-12/h2-3,6,13-14H,1,4-5,7-8H2. The van der Waals surface area contributed by atoms with Gasteiger partial charge in [-0.1, -0.05) is 6.07 Å². The number of benzene rings is 1. The Kier molecular flexibility index (Phi) is 1.89. The molecule has 1 aromatic rings. The van der Waals surface area contributed by atoms with Gasteiger partial charge in [-0.15, -0.1) is 0 Å². The van der Waals surface area contributed by atoms with Crippen LogP contribution in [0.25, 0.3) is 0 Å². The second kappa shape index (κ2) is 3.14. The Morgan fingerprint density at radius 2 is 2.33 bits per heavy atom. The summed E-state index contributed by atoms with van der Waals surface area (Å²) >= 11 is 0. The topological polar surface area (TPSA) is 41.5 Å². The Hall–Kier alpha value is -1.22.